The molecular formula is C15H22N2O. The minimum atomic E-state index is 0.728. The number of nitrogen functional groups attached to an aromatic ring is 1. The second kappa shape index (κ2) is 5.29. The largest absolute Gasteiger partial charge is 0.399 e. The van der Waals surface area contributed by atoms with Gasteiger partial charge in [0, 0.05) is 31.4 Å². The van der Waals surface area contributed by atoms with E-state index in [2.05, 4.69) is 23.1 Å². The molecule has 1 aliphatic heterocycles. The zero-order chi connectivity index (χ0) is 12.4. The zero-order valence-corrected chi connectivity index (χ0v) is 10.8. The summed E-state index contributed by atoms with van der Waals surface area (Å²) in [6.45, 7) is 4.10. The summed E-state index contributed by atoms with van der Waals surface area (Å²) in [6.07, 6.45) is 3.94. The number of hydrogen-bond acceptors (Lipinski definition) is 3. The molecule has 1 saturated heterocycles. The van der Waals surface area contributed by atoms with Crippen molar-refractivity contribution in [2.75, 3.05) is 25.5 Å². The third-order valence-corrected chi connectivity index (χ3v) is 3.92. The van der Waals surface area contributed by atoms with E-state index in [1.807, 2.05) is 6.07 Å². The van der Waals surface area contributed by atoms with E-state index in [1.54, 1.807) is 0 Å². The van der Waals surface area contributed by atoms with Crippen molar-refractivity contribution in [3.05, 3.63) is 29.8 Å². The number of ether oxygens (including phenoxy) is 1. The van der Waals surface area contributed by atoms with Crippen LogP contribution in [0.15, 0.2) is 24.3 Å². The highest BCUT2D eigenvalue weighted by atomic mass is 16.5. The predicted octanol–water partition coefficient (Wildman–Crippen LogP) is 2.27. The molecule has 1 saturated carbocycles. The highest BCUT2D eigenvalue weighted by Crippen LogP contribution is 2.30. The van der Waals surface area contributed by atoms with Crippen LogP contribution in [0.25, 0.3) is 0 Å². The molecule has 0 aromatic heterocycles. The second-order valence-electron chi connectivity index (χ2n) is 5.64. The Morgan fingerprint density at radius 2 is 2.17 bits per heavy atom. The van der Waals surface area contributed by atoms with Crippen LogP contribution in [0.4, 0.5) is 5.69 Å². The fourth-order valence-electron chi connectivity index (χ4n) is 2.77. The molecule has 0 bridgehead atoms. The summed E-state index contributed by atoms with van der Waals surface area (Å²) in [5.74, 6) is 0.728. The van der Waals surface area contributed by atoms with Gasteiger partial charge in [0.2, 0.25) is 0 Å². The molecule has 2 N–H and O–H groups in total. The van der Waals surface area contributed by atoms with Crippen LogP contribution in [0, 0.1) is 5.92 Å². The molecular weight excluding hydrogens is 224 g/mol. The summed E-state index contributed by atoms with van der Waals surface area (Å²) in [6, 6.07) is 9.08. The quantitative estimate of drug-likeness (QED) is 0.810. The van der Waals surface area contributed by atoms with Gasteiger partial charge in [-0.25, -0.2) is 0 Å². The third kappa shape index (κ3) is 3.03. The molecule has 1 aliphatic carbocycles. The van der Waals surface area contributed by atoms with Crippen LogP contribution >= 0.6 is 0 Å². The SMILES string of the molecule is Nc1cccc(CN(CC2CCOC2)C2CC2)c1. The Bertz CT molecular complexity index is 397. The monoisotopic (exact) mass is 246 g/mol. The fourth-order valence-corrected chi connectivity index (χ4v) is 2.77. The topological polar surface area (TPSA) is 38.5 Å². The molecule has 1 aromatic carbocycles. The Balaban J connectivity index is 1.62. The molecule has 3 rings (SSSR count). The number of anilines is 1. The molecule has 98 valence electrons. The van der Waals surface area contributed by atoms with E-state index < -0.39 is 0 Å². The first kappa shape index (κ1) is 12.0. The van der Waals surface area contributed by atoms with Gasteiger partial charge in [-0.15, -0.1) is 0 Å². The lowest BCUT2D eigenvalue weighted by molar-refractivity contribution is 0.161. The lowest BCUT2D eigenvalue weighted by Gasteiger charge is -2.25. The van der Waals surface area contributed by atoms with E-state index in [0.29, 0.717) is 0 Å². The first-order chi connectivity index (χ1) is 8.81. The van der Waals surface area contributed by atoms with E-state index in [-0.39, 0.29) is 0 Å². The predicted molar refractivity (Wildman–Crippen MR) is 73.2 cm³/mol. The summed E-state index contributed by atoms with van der Waals surface area (Å²) < 4.78 is 5.48. The van der Waals surface area contributed by atoms with E-state index in [9.17, 15) is 0 Å². The Kier molecular flexibility index (Phi) is 3.52. The smallest absolute Gasteiger partial charge is 0.0507 e. The van der Waals surface area contributed by atoms with Crippen LogP contribution in [0.3, 0.4) is 0 Å². The third-order valence-electron chi connectivity index (χ3n) is 3.92. The van der Waals surface area contributed by atoms with Gasteiger partial charge in [-0.1, -0.05) is 12.1 Å². The Morgan fingerprint density at radius 3 is 2.83 bits per heavy atom. The molecule has 3 heteroatoms. The second-order valence-corrected chi connectivity index (χ2v) is 5.64. The summed E-state index contributed by atoms with van der Waals surface area (Å²) in [4.78, 5) is 2.62. The number of rotatable bonds is 5. The molecule has 18 heavy (non-hydrogen) atoms. The van der Waals surface area contributed by atoms with Crippen LogP contribution in [0.2, 0.25) is 0 Å². The van der Waals surface area contributed by atoms with Gasteiger partial charge in [0.15, 0.2) is 0 Å². The van der Waals surface area contributed by atoms with E-state index in [4.69, 9.17) is 10.5 Å². The maximum Gasteiger partial charge on any atom is 0.0507 e. The minimum Gasteiger partial charge on any atom is -0.399 e. The fraction of sp³-hybridized carbons (Fsp3) is 0.600. The van der Waals surface area contributed by atoms with Gasteiger partial charge in [-0.3, -0.25) is 4.90 Å². The number of hydrogen-bond donors (Lipinski definition) is 1. The van der Waals surface area contributed by atoms with Gasteiger partial charge in [-0.2, -0.15) is 0 Å². The summed E-state index contributed by atoms with van der Waals surface area (Å²) in [5.41, 5.74) is 8.05. The van der Waals surface area contributed by atoms with Gasteiger partial charge in [0.25, 0.3) is 0 Å². The van der Waals surface area contributed by atoms with Gasteiger partial charge < -0.3 is 10.5 Å². The number of nitrogens with zero attached hydrogens (tertiary/aromatic N) is 1. The van der Waals surface area contributed by atoms with Gasteiger partial charge in [0.05, 0.1) is 6.61 Å². The number of nitrogens with two attached hydrogens (primary N) is 1. The van der Waals surface area contributed by atoms with Crippen LogP contribution in [0.5, 0.6) is 0 Å². The first-order valence-electron chi connectivity index (χ1n) is 6.97. The summed E-state index contributed by atoms with van der Waals surface area (Å²) >= 11 is 0. The molecule has 0 amide bonds. The van der Waals surface area contributed by atoms with Crippen molar-refractivity contribution in [3.8, 4) is 0 Å². The molecule has 0 radical (unpaired) electrons. The van der Waals surface area contributed by atoms with Crippen LogP contribution in [0.1, 0.15) is 24.8 Å². The lowest BCUT2D eigenvalue weighted by atomic mass is 10.1. The van der Waals surface area contributed by atoms with Crippen molar-refractivity contribution >= 4 is 5.69 Å². The Labute approximate surface area is 109 Å². The molecule has 1 unspecified atom stereocenters. The standard InChI is InChI=1S/C15H22N2O/c16-14-3-1-2-12(8-14)9-17(15-4-5-15)10-13-6-7-18-11-13/h1-3,8,13,15H,4-7,9-11,16H2. The van der Waals surface area contributed by atoms with E-state index in [1.165, 1.54) is 31.4 Å². The van der Waals surface area contributed by atoms with Gasteiger partial charge >= 0.3 is 0 Å². The van der Waals surface area contributed by atoms with Gasteiger partial charge in [0.1, 0.15) is 0 Å². The Hall–Kier alpha value is -1.06. The van der Waals surface area contributed by atoms with E-state index >= 15 is 0 Å². The molecule has 3 nitrogen and oxygen atoms in total. The molecule has 1 atom stereocenters. The highest BCUT2D eigenvalue weighted by molar-refractivity contribution is 5.40. The van der Waals surface area contributed by atoms with Crippen LogP contribution < -0.4 is 5.73 Å². The molecule has 2 fully saturated rings. The molecule has 0 spiro atoms. The van der Waals surface area contributed by atoms with Crippen molar-refractivity contribution < 1.29 is 4.74 Å². The summed E-state index contributed by atoms with van der Waals surface area (Å²) in [5, 5.41) is 0. The molecule has 1 heterocycles. The van der Waals surface area contributed by atoms with Crippen molar-refractivity contribution in [2.45, 2.75) is 31.8 Å². The maximum atomic E-state index is 5.85. The Morgan fingerprint density at radius 1 is 1.28 bits per heavy atom. The average molecular weight is 246 g/mol. The van der Waals surface area contributed by atoms with Crippen molar-refractivity contribution in [1.29, 1.82) is 0 Å². The zero-order valence-electron chi connectivity index (χ0n) is 10.8. The van der Waals surface area contributed by atoms with Crippen LogP contribution in [-0.2, 0) is 11.3 Å². The van der Waals surface area contributed by atoms with Crippen molar-refractivity contribution in [2.24, 2.45) is 5.92 Å². The number of benzene rings is 1. The molecule has 1 aromatic rings. The normalized spacial score (nSPS) is 23.7. The minimum absolute atomic E-state index is 0.728. The lowest BCUT2D eigenvalue weighted by Crippen LogP contribution is -2.31. The van der Waals surface area contributed by atoms with Gasteiger partial charge in [-0.05, 0) is 42.9 Å². The van der Waals surface area contributed by atoms with Crippen LogP contribution in [-0.4, -0.2) is 30.7 Å². The molecule has 2 aliphatic rings. The summed E-state index contributed by atoms with van der Waals surface area (Å²) in [7, 11) is 0. The van der Waals surface area contributed by atoms with Crippen molar-refractivity contribution in [3.63, 3.8) is 0 Å². The average Bonchev–Trinajstić information content (AvgIpc) is 3.08. The maximum absolute atomic E-state index is 5.85. The highest BCUT2D eigenvalue weighted by Gasteiger charge is 2.31. The van der Waals surface area contributed by atoms with Crippen molar-refractivity contribution in [1.82, 2.24) is 4.90 Å². The van der Waals surface area contributed by atoms with E-state index in [0.717, 1.165) is 37.4 Å². The first-order valence-corrected chi connectivity index (χ1v) is 6.97.